The summed E-state index contributed by atoms with van der Waals surface area (Å²) in [6.07, 6.45) is 0. The predicted octanol–water partition coefficient (Wildman–Crippen LogP) is 4.34. The van der Waals surface area contributed by atoms with Crippen LogP contribution in [0.25, 0.3) is 10.8 Å². The van der Waals surface area contributed by atoms with Gasteiger partial charge in [0.2, 0.25) is 5.13 Å². The van der Waals surface area contributed by atoms with Crippen molar-refractivity contribution in [3.05, 3.63) is 48.3 Å². The van der Waals surface area contributed by atoms with Crippen molar-refractivity contribution in [3.8, 4) is 0 Å². The Bertz CT molecular complexity index is 746. The van der Waals surface area contributed by atoms with Gasteiger partial charge in [-0.1, -0.05) is 50.2 Å². The molecule has 3 aromatic rings. The second-order valence-electron chi connectivity index (χ2n) is 5.49. The summed E-state index contributed by atoms with van der Waals surface area (Å²) in [6.45, 7) is 5.86. The van der Waals surface area contributed by atoms with Crippen LogP contribution in [0.4, 0.5) is 10.8 Å². The Kier molecular flexibility index (Phi) is 4.53. The second kappa shape index (κ2) is 6.75. The summed E-state index contributed by atoms with van der Waals surface area (Å²) in [5.41, 5.74) is 1.17. The molecule has 0 spiro atoms. The molecule has 1 heterocycles. The quantitative estimate of drug-likeness (QED) is 0.665. The first-order valence-corrected chi connectivity index (χ1v) is 8.30. The first-order valence-electron chi connectivity index (χ1n) is 7.53. The van der Waals surface area contributed by atoms with Crippen LogP contribution in [0.5, 0.6) is 0 Å². The van der Waals surface area contributed by atoms with Crippen LogP contribution in [0.15, 0.2) is 42.5 Å². The van der Waals surface area contributed by atoms with Gasteiger partial charge in [-0.15, -0.1) is 0 Å². The van der Waals surface area contributed by atoms with Crippen LogP contribution in [0.2, 0.25) is 0 Å². The highest BCUT2D eigenvalue weighted by Crippen LogP contribution is 2.22. The standard InChI is InChI=1S/C17H20N4S/c1-12(2)16-20-17(22-21-16)19-11-10-18-15-9-5-7-13-6-3-4-8-14(13)15/h3-9,12,18H,10-11H2,1-2H3,(H,19,20,21). The summed E-state index contributed by atoms with van der Waals surface area (Å²) in [5, 5.41) is 10.2. The van der Waals surface area contributed by atoms with Crippen molar-refractivity contribution in [2.75, 3.05) is 23.7 Å². The predicted molar refractivity (Wildman–Crippen MR) is 94.9 cm³/mol. The number of anilines is 2. The highest BCUT2D eigenvalue weighted by atomic mass is 32.1. The third-order valence-electron chi connectivity index (χ3n) is 3.46. The van der Waals surface area contributed by atoms with E-state index in [4.69, 9.17) is 0 Å². The summed E-state index contributed by atoms with van der Waals surface area (Å²) in [6, 6.07) is 14.7. The molecule has 114 valence electrons. The van der Waals surface area contributed by atoms with Crippen molar-refractivity contribution < 1.29 is 0 Å². The van der Waals surface area contributed by atoms with Crippen molar-refractivity contribution in [2.24, 2.45) is 0 Å². The second-order valence-corrected chi connectivity index (χ2v) is 6.24. The van der Waals surface area contributed by atoms with Gasteiger partial charge in [0.1, 0.15) is 5.82 Å². The Morgan fingerprint density at radius 3 is 2.59 bits per heavy atom. The van der Waals surface area contributed by atoms with Gasteiger partial charge >= 0.3 is 0 Å². The molecule has 0 atom stereocenters. The monoisotopic (exact) mass is 312 g/mol. The molecule has 0 amide bonds. The number of nitrogens with one attached hydrogen (secondary N) is 2. The lowest BCUT2D eigenvalue weighted by Crippen LogP contribution is -2.13. The average molecular weight is 312 g/mol. The normalized spacial score (nSPS) is 11.0. The Morgan fingerprint density at radius 1 is 1.00 bits per heavy atom. The van der Waals surface area contributed by atoms with Crippen LogP contribution in [0, 0.1) is 0 Å². The molecule has 0 saturated heterocycles. The van der Waals surface area contributed by atoms with E-state index in [-0.39, 0.29) is 0 Å². The zero-order chi connectivity index (χ0) is 15.4. The van der Waals surface area contributed by atoms with Gasteiger partial charge in [-0.3, -0.25) is 0 Å². The molecule has 4 nitrogen and oxygen atoms in total. The van der Waals surface area contributed by atoms with Gasteiger partial charge in [-0.05, 0) is 11.5 Å². The molecule has 0 aliphatic carbocycles. The first-order chi connectivity index (χ1) is 10.7. The molecule has 0 saturated carbocycles. The number of fused-ring (bicyclic) bond motifs is 1. The van der Waals surface area contributed by atoms with Crippen LogP contribution < -0.4 is 10.6 Å². The topological polar surface area (TPSA) is 49.8 Å². The Labute approximate surface area is 134 Å². The zero-order valence-corrected chi connectivity index (χ0v) is 13.7. The van der Waals surface area contributed by atoms with Crippen LogP contribution in [-0.2, 0) is 0 Å². The summed E-state index contributed by atoms with van der Waals surface area (Å²) in [7, 11) is 0. The Hall–Kier alpha value is -2.14. The molecular formula is C17H20N4S. The van der Waals surface area contributed by atoms with Crippen LogP contribution in [0.3, 0.4) is 0 Å². The molecule has 2 aromatic carbocycles. The van der Waals surface area contributed by atoms with Crippen molar-refractivity contribution in [1.29, 1.82) is 0 Å². The smallest absolute Gasteiger partial charge is 0.202 e. The minimum atomic E-state index is 0.376. The van der Waals surface area contributed by atoms with E-state index in [0.717, 1.165) is 24.0 Å². The van der Waals surface area contributed by atoms with Gasteiger partial charge in [0.25, 0.3) is 0 Å². The van der Waals surface area contributed by atoms with Gasteiger partial charge in [0.15, 0.2) is 0 Å². The van der Waals surface area contributed by atoms with Crippen LogP contribution in [-0.4, -0.2) is 22.4 Å². The van der Waals surface area contributed by atoms with Crippen molar-refractivity contribution in [3.63, 3.8) is 0 Å². The van der Waals surface area contributed by atoms with E-state index in [2.05, 4.69) is 76.3 Å². The lowest BCUT2D eigenvalue weighted by Gasteiger charge is -2.10. The van der Waals surface area contributed by atoms with Gasteiger partial charge in [-0.2, -0.15) is 4.37 Å². The third-order valence-corrected chi connectivity index (χ3v) is 4.15. The van der Waals surface area contributed by atoms with Gasteiger partial charge in [-0.25, -0.2) is 4.98 Å². The van der Waals surface area contributed by atoms with E-state index >= 15 is 0 Å². The molecule has 1 aromatic heterocycles. The molecule has 0 radical (unpaired) electrons. The summed E-state index contributed by atoms with van der Waals surface area (Å²) >= 11 is 1.43. The molecule has 0 unspecified atom stereocenters. The maximum atomic E-state index is 4.47. The molecule has 3 rings (SSSR count). The maximum absolute atomic E-state index is 4.47. The molecule has 0 bridgehead atoms. The molecular weight excluding hydrogens is 292 g/mol. The van der Waals surface area contributed by atoms with Gasteiger partial charge < -0.3 is 10.6 Å². The van der Waals surface area contributed by atoms with E-state index in [1.54, 1.807) is 0 Å². The Morgan fingerprint density at radius 2 is 1.77 bits per heavy atom. The van der Waals surface area contributed by atoms with Gasteiger partial charge in [0, 0.05) is 41.6 Å². The molecule has 0 aliphatic rings. The lowest BCUT2D eigenvalue weighted by molar-refractivity contribution is 0.799. The number of nitrogens with zero attached hydrogens (tertiary/aromatic N) is 2. The number of aromatic nitrogens is 2. The summed E-state index contributed by atoms with van der Waals surface area (Å²) in [5.74, 6) is 1.29. The summed E-state index contributed by atoms with van der Waals surface area (Å²) in [4.78, 5) is 4.47. The third kappa shape index (κ3) is 3.36. The Balaban J connectivity index is 1.56. The zero-order valence-electron chi connectivity index (χ0n) is 12.8. The maximum Gasteiger partial charge on any atom is 0.202 e. The first kappa shape index (κ1) is 14.8. The van der Waals surface area contributed by atoms with Crippen molar-refractivity contribution in [2.45, 2.75) is 19.8 Å². The average Bonchev–Trinajstić information content (AvgIpc) is 3.01. The van der Waals surface area contributed by atoms with Crippen molar-refractivity contribution in [1.82, 2.24) is 9.36 Å². The minimum absolute atomic E-state index is 0.376. The highest BCUT2D eigenvalue weighted by Gasteiger charge is 2.06. The van der Waals surface area contributed by atoms with Crippen LogP contribution in [0.1, 0.15) is 25.6 Å². The van der Waals surface area contributed by atoms with Crippen LogP contribution >= 0.6 is 11.5 Å². The van der Waals surface area contributed by atoms with E-state index in [1.807, 2.05) is 0 Å². The number of rotatable bonds is 6. The molecule has 0 aliphatic heterocycles. The number of benzene rings is 2. The summed E-state index contributed by atoms with van der Waals surface area (Å²) < 4.78 is 4.34. The molecule has 22 heavy (non-hydrogen) atoms. The lowest BCUT2D eigenvalue weighted by atomic mass is 10.1. The number of hydrogen-bond acceptors (Lipinski definition) is 5. The molecule has 0 fully saturated rings. The van der Waals surface area contributed by atoms with Crippen molar-refractivity contribution >= 4 is 33.1 Å². The van der Waals surface area contributed by atoms with E-state index in [9.17, 15) is 0 Å². The van der Waals surface area contributed by atoms with E-state index in [1.165, 1.54) is 28.0 Å². The van der Waals surface area contributed by atoms with E-state index in [0.29, 0.717) is 5.92 Å². The minimum Gasteiger partial charge on any atom is -0.383 e. The molecule has 5 heteroatoms. The van der Waals surface area contributed by atoms with E-state index < -0.39 is 0 Å². The largest absolute Gasteiger partial charge is 0.383 e. The fourth-order valence-electron chi connectivity index (χ4n) is 2.29. The molecule has 2 N–H and O–H groups in total. The SMILES string of the molecule is CC(C)c1nsc(NCCNc2cccc3ccccc23)n1. The fraction of sp³-hybridized carbons (Fsp3) is 0.294. The van der Waals surface area contributed by atoms with Gasteiger partial charge in [0.05, 0.1) is 0 Å². The fourth-order valence-corrected chi connectivity index (χ4v) is 3.02. The highest BCUT2D eigenvalue weighted by molar-refractivity contribution is 7.09. The number of hydrogen-bond donors (Lipinski definition) is 2.